The molecular weight excluding hydrogens is 555 g/mol. The van der Waals surface area contributed by atoms with E-state index in [4.69, 9.17) is 14.6 Å². The van der Waals surface area contributed by atoms with Crippen molar-refractivity contribution in [1.29, 1.82) is 0 Å². The fourth-order valence-corrected chi connectivity index (χ4v) is 5.75. The molecule has 2 atom stereocenters. The lowest BCUT2D eigenvalue weighted by Crippen LogP contribution is -2.44. The number of hydrogen-bond donors (Lipinski definition) is 1. The van der Waals surface area contributed by atoms with Crippen molar-refractivity contribution in [3.8, 4) is 0 Å². The van der Waals surface area contributed by atoms with Gasteiger partial charge in [0.1, 0.15) is 14.0 Å². The molecule has 2 aliphatic heterocycles. The first-order chi connectivity index (χ1) is 15.6. The second kappa shape index (κ2) is 9.61. The van der Waals surface area contributed by atoms with E-state index in [1.807, 2.05) is 49.9 Å². The molecule has 1 aromatic carbocycles. The highest BCUT2D eigenvalue weighted by Crippen LogP contribution is 2.36. The Hall–Kier alpha value is -1.53. The van der Waals surface area contributed by atoms with Gasteiger partial charge in [0.15, 0.2) is 6.23 Å². The van der Waals surface area contributed by atoms with E-state index < -0.39 is 10.3 Å². The Labute approximate surface area is 212 Å². The van der Waals surface area contributed by atoms with Crippen LogP contribution in [0.2, 0.25) is 0 Å². The Balaban J connectivity index is 1.50. The molecule has 33 heavy (non-hydrogen) atoms. The lowest BCUT2D eigenvalue weighted by molar-refractivity contribution is -0.118. The van der Waals surface area contributed by atoms with Crippen LogP contribution in [0.3, 0.4) is 0 Å². The van der Waals surface area contributed by atoms with Gasteiger partial charge < -0.3 is 19.7 Å². The van der Waals surface area contributed by atoms with Crippen LogP contribution in [0.5, 0.6) is 0 Å². The number of nitrogens with zero attached hydrogens (tertiary/aromatic N) is 3. The third-order valence-corrected chi connectivity index (χ3v) is 8.13. The first-order valence-corrected chi connectivity index (χ1v) is 13.6. The fourth-order valence-electron chi connectivity index (χ4n) is 4.27. The lowest BCUT2D eigenvalue weighted by atomic mass is 10.1. The molecule has 0 saturated carbocycles. The normalized spacial score (nSPS) is 23.7. The third-order valence-electron chi connectivity index (χ3n) is 6.04. The van der Waals surface area contributed by atoms with Crippen LogP contribution in [-0.4, -0.2) is 63.0 Å². The molecule has 8 nitrogen and oxygen atoms in total. The number of ether oxygens (including phenoxy) is 2. The molecular formula is C23H31IN4O4S. The Kier molecular flexibility index (Phi) is 7.16. The van der Waals surface area contributed by atoms with E-state index in [1.54, 1.807) is 4.90 Å². The van der Waals surface area contributed by atoms with Gasteiger partial charge in [-0.1, -0.05) is 0 Å². The van der Waals surface area contributed by atoms with Crippen LogP contribution < -0.4 is 5.32 Å². The molecule has 1 aromatic heterocycles. The first kappa shape index (κ1) is 24.6. The van der Waals surface area contributed by atoms with Gasteiger partial charge in [0.05, 0.1) is 5.52 Å². The van der Waals surface area contributed by atoms with E-state index in [9.17, 15) is 9.59 Å². The number of halogens is 1. The highest BCUT2D eigenvalue weighted by molar-refractivity contribution is 14.1. The van der Waals surface area contributed by atoms with Crippen LogP contribution in [0, 0.1) is 3.70 Å². The summed E-state index contributed by atoms with van der Waals surface area (Å²) in [5, 5.41) is 8.77. The number of likely N-dealkylation sites (tertiary alicyclic amines) is 1. The van der Waals surface area contributed by atoms with Gasteiger partial charge in [0, 0.05) is 30.8 Å². The van der Waals surface area contributed by atoms with Gasteiger partial charge in [-0.2, -0.15) is 5.10 Å². The van der Waals surface area contributed by atoms with Gasteiger partial charge in [0.2, 0.25) is 5.91 Å². The van der Waals surface area contributed by atoms with Crippen molar-refractivity contribution < 1.29 is 19.1 Å². The number of carbonyl (C=O) groups is 2. The topological polar surface area (TPSA) is 85.7 Å². The number of benzene rings is 1. The highest BCUT2D eigenvalue weighted by Gasteiger charge is 2.46. The zero-order chi connectivity index (χ0) is 23.8. The molecule has 0 aliphatic carbocycles. The van der Waals surface area contributed by atoms with Crippen LogP contribution in [-0.2, 0) is 14.3 Å². The molecule has 2 fully saturated rings. The maximum atomic E-state index is 13.3. The monoisotopic (exact) mass is 586 g/mol. The second-order valence-corrected chi connectivity index (χ2v) is 11.8. The number of fused-ring (bicyclic) bond motifs is 1. The predicted octanol–water partition coefficient (Wildman–Crippen LogP) is 5.02. The van der Waals surface area contributed by atoms with Crippen molar-refractivity contribution in [2.24, 2.45) is 0 Å². The molecule has 3 heterocycles. The predicted molar refractivity (Wildman–Crippen MR) is 139 cm³/mol. The summed E-state index contributed by atoms with van der Waals surface area (Å²) in [7, 11) is 0. The zero-order valence-electron chi connectivity index (χ0n) is 19.5. The standard InChI is InChI=1S/C23H31IN4O4S/c1-22(2,3)32-21(30)27-11-10-23(14-27,33-4)20(29)25-15-8-9-17-16(13-15)19(24)26-28(17)18-7-5-6-12-31-18/h8-9,13,18H,5-7,10-12,14H2,1-4H3,(H,25,29)/t18-,23-/m0/s1. The van der Waals surface area contributed by atoms with Gasteiger partial charge in [0.25, 0.3) is 0 Å². The number of aromatic nitrogens is 2. The van der Waals surface area contributed by atoms with E-state index in [-0.39, 0.29) is 18.2 Å². The smallest absolute Gasteiger partial charge is 0.410 e. The number of anilines is 1. The molecule has 2 amide bonds. The van der Waals surface area contributed by atoms with E-state index in [0.29, 0.717) is 19.5 Å². The minimum absolute atomic E-state index is 0.0395. The number of thioether (sulfide) groups is 1. The van der Waals surface area contributed by atoms with Gasteiger partial charge in [-0.05, 0) is 93.5 Å². The van der Waals surface area contributed by atoms with Crippen molar-refractivity contribution >= 4 is 62.9 Å². The third kappa shape index (κ3) is 5.27. The Morgan fingerprint density at radius 3 is 2.79 bits per heavy atom. The highest BCUT2D eigenvalue weighted by atomic mass is 127. The minimum Gasteiger partial charge on any atom is -0.444 e. The Morgan fingerprint density at radius 2 is 2.12 bits per heavy atom. The molecule has 2 aliphatic rings. The summed E-state index contributed by atoms with van der Waals surface area (Å²) < 4.78 is 13.5. The summed E-state index contributed by atoms with van der Waals surface area (Å²) in [5.41, 5.74) is 1.16. The van der Waals surface area contributed by atoms with Crippen LogP contribution in [0.15, 0.2) is 18.2 Å². The first-order valence-electron chi connectivity index (χ1n) is 11.3. The average Bonchev–Trinajstić information content (AvgIpc) is 3.36. The largest absolute Gasteiger partial charge is 0.444 e. The summed E-state index contributed by atoms with van der Waals surface area (Å²) in [5.74, 6) is -0.0987. The summed E-state index contributed by atoms with van der Waals surface area (Å²) in [6.07, 6.45) is 5.26. The molecule has 0 radical (unpaired) electrons. The quantitative estimate of drug-likeness (QED) is 0.507. The molecule has 0 bridgehead atoms. The summed E-state index contributed by atoms with van der Waals surface area (Å²) in [4.78, 5) is 27.5. The van der Waals surface area contributed by atoms with Crippen molar-refractivity contribution in [3.63, 3.8) is 0 Å². The number of amides is 2. The van der Waals surface area contributed by atoms with Crippen LogP contribution in [0.1, 0.15) is 52.7 Å². The molecule has 1 N–H and O–H groups in total. The number of carbonyl (C=O) groups excluding carboxylic acids is 2. The van der Waals surface area contributed by atoms with Crippen LogP contribution >= 0.6 is 34.4 Å². The van der Waals surface area contributed by atoms with Gasteiger partial charge in [-0.3, -0.25) is 4.79 Å². The minimum atomic E-state index is -0.709. The van der Waals surface area contributed by atoms with Crippen molar-refractivity contribution in [1.82, 2.24) is 14.7 Å². The molecule has 2 saturated heterocycles. The average molecular weight is 586 g/mol. The molecule has 10 heteroatoms. The second-order valence-electron chi connectivity index (χ2n) is 9.59. The summed E-state index contributed by atoms with van der Waals surface area (Å²) in [6.45, 7) is 7.11. The van der Waals surface area contributed by atoms with Crippen molar-refractivity contribution in [3.05, 3.63) is 21.9 Å². The van der Waals surface area contributed by atoms with Crippen molar-refractivity contribution in [2.45, 2.75) is 63.0 Å². The van der Waals surface area contributed by atoms with E-state index in [1.165, 1.54) is 11.8 Å². The van der Waals surface area contributed by atoms with Crippen molar-refractivity contribution in [2.75, 3.05) is 31.3 Å². The zero-order valence-corrected chi connectivity index (χ0v) is 22.5. The maximum Gasteiger partial charge on any atom is 0.410 e. The lowest BCUT2D eigenvalue weighted by Gasteiger charge is -2.28. The molecule has 2 aromatic rings. The summed E-state index contributed by atoms with van der Waals surface area (Å²) >= 11 is 3.71. The molecule has 0 spiro atoms. The molecule has 180 valence electrons. The number of nitrogens with one attached hydrogen (secondary N) is 1. The Bertz CT molecular complexity index is 1050. The molecule has 0 unspecified atom stereocenters. The van der Waals surface area contributed by atoms with E-state index in [0.717, 1.165) is 46.2 Å². The van der Waals surface area contributed by atoms with Crippen LogP contribution in [0.4, 0.5) is 10.5 Å². The SMILES string of the molecule is CS[C@@]1(C(=O)Nc2ccc3c(c2)c(I)nn3[C@@H]2CCCCO2)CCN(C(=O)OC(C)(C)C)C1. The summed E-state index contributed by atoms with van der Waals surface area (Å²) in [6, 6.07) is 5.87. The van der Waals surface area contributed by atoms with Gasteiger partial charge in [-0.25, -0.2) is 9.48 Å². The van der Waals surface area contributed by atoms with Gasteiger partial charge in [-0.15, -0.1) is 11.8 Å². The van der Waals surface area contributed by atoms with Crippen LogP contribution in [0.25, 0.3) is 10.9 Å². The Morgan fingerprint density at radius 1 is 1.33 bits per heavy atom. The van der Waals surface area contributed by atoms with E-state index >= 15 is 0 Å². The molecule has 4 rings (SSSR count). The fraction of sp³-hybridized carbons (Fsp3) is 0.609. The maximum absolute atomic E-state index is 13.3. The number of rotatable bonds is 4. The number of hydrogen-bond acceptors (Lipinski definition) is 6. The van der Waals surface area contributed by atoms with Gasteiger partial charge >= 0.3 is 6.09 Å². The van der Waals surface area contributed by atoms with E-state index in [2.05, 4.69) is 27.9 Å².